The lowest BCUT2D eigenvalue weighted by Gasteiger charge is -2.09. The Morgan fingerprint density at radius 3 is 2.36 bits per heavy atom. The topological polar surface area (TPSA) is 119 Å². The van der Waals surface area contributed by atoms with Gasteiger partial charge in [0.25, 0.3) is 0 Å². The number of rotatable bonds is 7. The fraction of sp³-hybridized carbons (Fsp3) is 0.167. The fourth-order valence-corrected chi connectivity index (χ4v) is 2.18. The number of benzene rings is 2. The number of hydrogen-bond acceptors (Lipinski definition) is 5. The lowest BCUT2D eigenvalue weighted by atomic mass is 10.0. The number of nitrogens with two attached hydrogens (primary N) is 1. The minimum Gasteiger partial charge on any atom is -0.478 e. The number of carboxylic acids is 1. The van der Waals surface area contributed by atoms with Crippen molar-refractivity contribution >= 4 is 23.5 Å². The van der Waals surface area contributed by atoms with Crippen molar-refractivity contribution < 1.29 is 24.2 Å². The van der Waals surface area contributed by atoms with Crippen LogP contribution in [0, 0.1) is 0 Å². The Hall–Kier alpha value is -3.35. The number of Topliss-reactive ketones (excluding diaryl/α,β-unsaturated/α-hetero) is 1. The van der Waals surface area contributed by atoms with Gasteiger partial charge in [-0.05, 0) is 17.7 Å². The number of alkyl carbamates (subject to hydrolysis) is 1. The highest BCUT2D eigenvalue weighted by Gasteiger charge is 2.16. The molecule has 0 aliphatic carbocycles. The van der Waals surface area contributed by atoms with E-state index in [1.165, 1.54) is 18.2 Å². The Bertz CT molecular complexity index is 774. The number of carbonyl (C=O) groups is 3. The molecule has 4 N–H and O–H groups in total. The van der Waals surface area contributed by atoms with Crippen LogP contribution in [0.3, 0.4) is 0 Å². The van der Waals surface area contributed by atoms with E-state index >= 15 is 0 Å². The number of aromatic carboxylic acids is 1. The summed E-state index contributed by atoms with van der Waals surface area (Å²) in [5, 5.41) is 11.5. The molecule has 0 aliphatic heterocycles. The molecule has 7 heteroatoms. The summed E-state index contributed by atoms with van der Waals surface area (Å²) in [6.07, 6.45) is -0.655. The van der Waals surface area contributed by atoms with E-state index in [1.54, 1.807) is 0 Å². The molecule has 2 rings (SSSR count). The van der Waals surface area contributed by atoms with Crippen molar-refractivity contribution in [3.8, 4) is 0 Å². The summed E-state index contributed by atoms with van der Waals surface area (Å²) in [5.41, 5.74) is 6.49. The van der Waals surface area contributed by atoms with Crippen LogP contribution in [0.2, 0.25) is 0 Å². The number of anilines is 1. The van der Waals surface area contributed by atoms with Crippen LogP contribution >= 0.6 is 0 Å². The zero-order valence-electron chi connectivity index (χ0n) is 13.4. The first-order valence-electron chi connectivity index (χ1n) is 7.58. The zero-order valence-corrected chi connectivity index (χ0v) is 13.4. The van der Waals surface area contributed by atoms with Gasteiger partial charge in [-0.25, -0.2) is 9.59 Å². The fourth-order valence-electron chi connectivity index (χ4n) is 2.18. The van der Waals surface area contributed by atoms with Gasteiger partial charge in [0, 0.05) is 18.5 Å². The summed E-state index contributed by atoms with van der Waals surface area (Å²) in [6.45, 7) is 0.192. The Kier molecular flexibility index (Phi) is 6.11. The molecule has 7 nitrogen and oxygen atoms in total. The minimum absolute atomic E-state index is 0.0201. The number of amides is 1. The van der Waals surface area contributed by atoms with Gasteiger partial charge in [0.15, 0.2) is 5.78 Å². The van der Waals surface area contributed by atoms with Crippen molar-refractivity contribution in [2.24, 2.45) is 0 Å². The molecule has 0 saturated heterocycles. The molecule has 130 valence electrons. The molecule has 2 aromatic carbocycles. The molecular formula is C18H18N2O5. The first-order chi connectivity index (χ1) is 12.0. The monoisotopic (exact) mass is 342 g/mol. The average molecular weight is 342 g/mol. The minimum atomic E-state index is -1.20. The molecule has 0 saturated carbocycles. The molecule has 25 heavy (non-hydrogen) atoms. The Morgan fingerprint density at radius 1 is 1.00 bits per heavy atom. The molecule has 0 heterocycles. The highest BCUT2D eigenvalue weighted by atomic mass is 16.5. The van der Waals surface area contributed by atoms with Crippen molar-refractivity contribution in [3.63, 3.8) is 0 Å². The van der Waals surface area contributed by atoms with Crippen LogP contribution in [0.5, 0.6) is 0 Å². The Balaban J connectivity index is 1.81. The molecule has 1 amide bonds. The number of hydrogen-bond donors (Lipinski definition) is 3. The molecule has 0 radical (unpaired) electrons. The second-order valence-electron chi connectivity index (χ2n) is 5.23. The van der Waals surface area contributed by atoms with Crippen LogP contribution in [0.1, 0.15) is 32.7 Å². The van der Waals surface area contributed by atoms with Crippen molar-refractivity contribution in [2.75, 3.05) is 12.3 Å². The van der Waals surface area contributed by atoms with Gasteiger partial charge >= 0.3 is 12.1 Å². The lowest BCUT2D eigenvalue weighted by molar-refractivity contribution is 0.0698. The van der Waals surface area contributed by atoms with Gasteiger partial charge < -0.3 is 20.9 Å². The number of nitrogen functional groups attached to an aromatic ring is 1. The predicted molar refractivity (Wildman–Crippen MR) is 91.4 cm³/mol. The summed E-state index contributed by atoms with van der Waals surface area (Å²) in [4.78, 5) is 34.8. The molecule has 2 aromatic rings. The normalized spacial score (nSPS) is 10.1. The van der Waals surface area contributed by atoms with Crippen molar-refractivity contribution in [1.29, 1.82) is 0 Å². The van der Waals surface area contributed by atoms with Crippen molar-refractivity contribution in [1.82, 2.24) is 5.32 Å². The molecule has 0 aromatic heterocycles. The number of carboxylic acid groups (broad SMARTS) is 1. The van der Waals surface area contributed by atoms with E-state index in [4.69, 9.17) is 15.6 Å². The number of carbonyl (C=O) groups excluding carboxylic acids is 2. The highest BCUT2D eigenvalue weighted by Crippen LogP contribution is 2.19. The Morgan fingerprint density at radius 2 is 1.68 bits per heavy atom. The van der Waals surface area contributed by atoms with E-state index < -0.39 is 12.1 Å². The smallest absolute Gasteiger partial charge is 0.407 e. The first kappa shape index (κ1) is 18.0. The third-order valence-corrected chi connectivity index (χ3v) is 3.47. The van der Waals surface area contributed by atoms with E-state index in [0.717, 1.165) is 5.56 Å². The van der Waals surface area contributed by atoms with E-state index in [1.807, 2.05) is 30.3 Å². The van der Waals surface area contributed by atoms with Gasteiger partial charge in [-0.2, -0.15) is 0 Å². The SMILES string of the molecule is Nc1c(C(=O)O)cccc1C(=O)CCNC(=O)OCc1ccccc1. The molecule has 0 fully saturated rings. The van der Waals surface area contributed by atoms with Crippen LogP contribution in [-0.2, 0) is 11.3 Å². The highest BCUT2D eigenvalue weighted by molar-refractivity contribution is 6.06. The van der Waals surface area contributed by atoms with Gasteiger partial charge in [0.05, 0.1) is 11.3 Å². The molecule has 0 atom stereocenters. The van der Waals surface area contributed by atoms with Gasteiger partial charge in [-0.15, -0.1) is 0 Å². The average Bonchev–Trinajstić information content (AvgIpc) is 2.60. The van der Waals surface area contributed by atoms with Crippen LogP contribution in [-0.4, -0.2) is 29.5 Å². The standard InChI is InChI=1S/C18H18N2O5/c19-16-13(7-4-8-14(16)17(22)23)15(21)9-10-20-18(24)25-11-12-5-2-1-3-6-12/h1-8H,9-11,19H2,(H,20,24)(H,22,23). The van der Waals surface area contributed by atoms with Crippen LogP contribution in [0.25, 0.3) is 0 Å². The van der Waals surface area contributed by atoms with Gasteiger partial charge in [-0.3, -0.25) is 4.79 Å². The van der Waals surface area contributed by atoms with Crippen LogP contribution < -0.4 is 11.1 Å². The largest absolute Gasteiger partial charge is 0.478 e. The van der Waals surface area contributed by atoms with Gasteiger partial charge in [0.1, 0.15) is 6.61 Å². The number of para-hydroxylation sites is 1. The van der Waals surface area contributed by atoms with E-state index in [2.05, 4.69) is 5.32 Å². The maximum atomic E-state index is 12.1. The van der Waals surface area contributed by atoms with E-state index in [9.17, 15) is 14.4 Å². The summed E-state index contributed by atoms with van der Waals surface area (Å²) >= 11 is 0. The maximum Gasteiger partial charge on any atom is 0.407 e. The molecule has 0 spiro atoms. The number of ether oxygens (including phenoxy) is 1. The quantitative estimate of drug-likeness (QED) is 0.525. The summed E-state index contributed by atoms with van der Waals surface area (Å²) in [6, 6.07) is 13.4. The molecule has 0 aliphatic rings. The van der Waals surface area contributed by atoms with E-state index in [-0.39, 0.29) is 42.2 Å². The second-order valence-corrected chi connectivity index (χ2v) is 5.23. The molecule has 0 unspecified atom stereocenters. The summed E-state index contributed by atoms with van der Waals surface area (Å²) < 4.78 is 5.03. The lowest BCUT2D eigenvalue weighted by Crippen LogP contribution is -2.27. The molecule has 0 bridgehead atoms. The zero-order chi connectivity index (χ0) is 18.2. The van der Waals surface area contributed by atoms with Crippen molar-refractivity contribution in [2.45, 2.75) is 13.0 Å². The third-order valence-electron chi connectivity index (χ3n) is 3.47. The second kappa shape index (κ2) is 8.49. The van der Waals surface area contributed by atoms with Crippen LogP contribution in [0.15, 0.2) is 48.5 Å². The molecular weight excluding hydrogens is 324 g/mol. The maximum absolute atomic E-state index is 12.1. The van der Waals surface area contributed by atoms with Gasteiger partial charge in [-0.1, -0.05) is 36.4 Å². The first-order valence-corrected chi connectivity index (χ1v) is 7.58. The summed E-state index contributed by atoms with van der Waals surface area (Å²) in [5.74, 6) is -1.56. The van der Waals surface area contributed by atoms with Gasteiger partial charge in [0.2, 0.25) is 0 Å². The van der Waals surface area contributed by atoms with Crippen molar-refractivity contribution in [3.05, 3.63) is 65.2 Å². The Labute approximate surface area is 144 Å². The predicted octanol–water partition coefficient (Wildman–Crippen LogP) is 2.47. The summed E-state index contributed by atoms with van der Waals surface area (Å²) in [7, 11) is 0. The number of ketones is 1. The van der Waals surface area contributed by atoms with E-state index in [0.29, 0.717) is 0 Å². The van der Waals surface area contributed by atoms with Crippen LogP contribution in [0.4, 0.5) is 10.5 Å². The number of nitrogens with one attached hydrogen (secondary N) is 1. The third kappa shape index (κ3) is 5.07.